The fourth-order valence-corrected chi connectivity index (χ4v) is 4.84. The Labute approximate surface area is 157 Å². The first kappa shape index (κ1) is 17.6. The highest BCUT2D eigenvalue weighted by atomic mass is 32.1. The van der Waals surface area contributed by atoms with E-state index in [-0.39, 0.29) is 11.5 Å². The predicted octanol–water partition coefficient (Wildman–Crippen LogP) is 2.27. The topological polar surface area (TPSA) is 67.3 Å². The first-order valence-corrected chi connectivity index (χ1v) is 9.89. The molecule has 1 fully saturated rings. The number of amides is 1. The van der Waals surface area contributed by atoms with Gasteiger partial charge in [-0.25, -0.2) is 0 Å². The Morgan fingerprint density at radius 2 is 2.15 bits per heavy atom. The maximum atomic E-state index is 12.6. The summed E-state index contributed by atoms with van der Waals surface area (Å²) in [5.74, 6) is -0.0464. The number of likely N-dealkylation sites (tertiary alicyclic amines) is 1. The zero-order valence-electron chi connectivity index (χ0n) is 15.2. The quantitative estimate of drug-likeness (QED) is 0.895. The summed E-state index contributed by atoms with van der Waals surface area (Å²) >= 11 is 1.61. The Morgan fingerprint density at radius 1 is 1.35 bits per heavy atom. The van der Waals surface area contributed by atoms with Gasteiger partial charge in [-0.1, -0.05) is 0 Å². The molecule has 26 heavy (non-hydrogen) atoms. The van der Waals surface area contributed by atoms with Crippen molar-refractivity contribution in [2.45, 2.75) is 38.3 Å². The third-order valence-corrected chi connectivity index (χ3v) is 6.48. The third-order valence-electron chi connectivity index (χ3n) is 5.29. The van der Waals surface area contributed by atoms with Gasteiger partial charge in [0.1, 0.15) is 0 Å². The Bertz CT molecular complexity index is 794. The van der Waals surface area contributed by atoms with E-state index in [2.05, 4.69) is 33.3 Å². The molecule has 4 heterocycles. The van der Waals surface area contributed by atoms with Gasteiger partial charge in [0, 0.05) is 30.6 Å². The summed E-state index contributed by atoms with van der Waals surface area (Å²) in [4.78, 5) is 25.5. The van der Waals surface area contributed by atoms with Crippen LogP contribution in [0.4, 0.5) is 0 Å². The van der Waals surface area contributed by atoms with Gasteiger partial charge in [-0.2, -0.15) is 0 Å². The molecule has 2 aromatic rings. The summed E-state index contributed by atoms with van der Waals surface area (Å²) in [6.07, 6.45) is 6.30. The molecule has 0 aromatic carbocycles. The van der Waals surface area contributed by atoms with Crippen LogP contribution >= 0.6 is 11.3 Å². The van der Waals surface area contributed by atoms with Gasteiger partial charge in [0.05, 0.1) is 41.2 Å². The highest BCUT2D eigenvalue weighted by Gasteiger charge is 2.41. The Morgan fingerprint density at radius 3 is 2.88 bits per heavy atom. The van der Waals surface area contributed by atoms with Gasteiger partial charge < -0.3 is 15.0 Å². The Hall–Kier alpha value is -1.83. The van der Waals surface area contributed by atoms with E-state index in [1.807, 2.05) is 6.92 Å². The second-order valence-corrected chi connectivity index (χ2v) is 8.31. The molecule has 0 unspecified atom stereocenters. The predicted molar refractivity (Wildman–Crippen MR) is 100 cm³/mol. The molecule has 1 spiro atoms. The SMILES string of the molecule is Cc1cnc(CNC(=O)c2cc3c(s2)CCOC32CCN(C)CC2)cn1. The number of carbonyl (C=O) groups excluding carboxylic acids is 1. The molecular weight excluding hydrogens is 348 g/mol. The van der Waals surface area contributed by atoms with Crippen LogP contribution in [0.5, 0.6) is 0 Å². The van der Waals surface area contributed by atoms with Crippen molar-refractivity contribution >= 4 is 17.2 Å². The molecule has 138 valence electrons. The zero-order valence-corrected chi connectivity index (χ0v) is 16.1. The van der Waals surface area contributed by atoms with Gasteiger partial charge in [0.25, 0.3) is 5.91 Å². The van der Waals surface area contributed by atoms with Gasteiger partial charge in [0.2, 0.25) is 0 Å². The first-order valence-electron chi connectivity index (χ1n) is 9.07. The molecule has 6 nitrogen and oxygen atoms in total. The average molecular weight is 372 g/mol. The minimum Gasteiger partial charge on any atom is -0.370 e. The molecule has 0 bridgehead atoms. The second kappa shape index (κ2) is 7.06. The number of aromatic nitrogens is 2. The number of fused-ring (bicyclic) bond motifs is 2. The summed E-state index contributed by atoms with van der Waals surface area (Å²) in [6, 6.07) is 2.06. The average Bonchev–Trinajstić information content (AvgIpc) is 3.10. The van der Waals surface area contributed by atoms with E-state index in [1.165, 1.54) is 10.4 Å². The van der Waals surface area contributed by atoms with Gasteiger partial charge >= 0.3 is 0 Å². The monoisotopic (exact) mass is 372 g/mol. The maximum absolute atomic E-state index is 12.6. The fraction of sp³-hybridized carbons (Fsp3) is 0.526. The van der Waals surface area contributed by atoms with Crippen LogP contribution in [0.25, 0.3) is 0 Å². The van der Waals surface area contributed by atoms with Crippen LogP contribution in [-0.4, -0.2) is 47.5 Å². The lowest BCUT2D eigenvalue weighted by Crippen LogP contribution is -2.44. The van der Waals surface area contributed by atoms with Crippen molar-refractivity contribution in [3.05, 3.63) is 45.2 Å². The van der Waals surface area contributed by atoms with Gasteiger partial charge in [0.15, 0.2) is 0 Å². The number of thiophene rings is 1. The van der Waals surface area contributed by atoms with Crippen molar-refractivity contribution < 1.29 is 9.53 Å². The number of nitrogens with one attached hydrogen (secondary N) is 1. The van der Waals surface area contributed by atoms with E-state index in [1.54, 1.807) is 23.7 Å². The number of ether oxygens (including phenoxy) is 1. The molecule has 0 saturated carbocycles. The third kappa shape index (κ3) is 3.39. The lowest BCUT2D eigenvalue weighted by Gasteiger charge is -2.43. The Kier molecular flexibility index (Phi) is 4.77. The van der Waals surface area contributed by atoms with E-state index >= 15 is 0 Å². The number of rotatable bonds is 3. The lowest BCUT2D eigenvalue weighted by molar-refractivity contribution is -0.0942. The van der Waals surface area contributed by atoms with E-state index in [9.17, 15) is 4.79 Å². The normalized spacial score (nSPS) is 19.3. The molecular formula is C19H24N4O2S. The lowest BCUT2D eigenvalue weighted by atomic mass is 9.82. The molecule has 0 aliphatic carbocycles. The number of hydrogen-bond acceptors (Lipinski definition) is 6. The highest BCUT2D eigenvalue weighted by molar-refractivity contribution is 7.14. The van der Waals surface area contributed by atoms with E-state index in [0.717, 1.165) is 55.2 Å². The van der Waals surface area contributed by atoms with E-state index in [4.69, 9.17) is 4.74 Å². The fourth-order valence-electron chi connectivity index (χ4n) is 3.69. The number of hydrogen-bond donors (Lipinski definition) is 1. The summed E-state index contributed by atoms with van der Waals surface area (Å²) in [5, 5.41) is 2.96. The molecule has 2 aliphatic heterocycles. The second-order valence-electron chi connectivity index (χ2n) is 7.18. The van der Waals surface area contributed by atoms with Crippen LogP contribution in [0.1, 0.15) is 44.3 Å². The van der Waals surface area contributed by atoms with Crippen LogP contribution in [0.15, 0.2) is 18.5 Å². The zero-order chi connectivity index (χ0) is 18.1. The molecule has 2 aliphatic rings. The largest absolute Gasteiger partial charge is 0.370 e. The van der Waals surface area contributed by atoms with Crippen LogP contribution in [0.2, 0.25) is 0 Å². The van der Waals surface area contributed by atoms with Crippen LogP contribution in [0.3, 0.4) is 0 Å². The van der Waals surface area contributed by atoms with Gasteiger partial charge in [-0.3, -0.25) is 14.8 Å². The number of carbonyl (C=O) groups is 1. The van der Waals surface area contributed by atoms with Crippen LogP contribution in [-0.2, 0) is 23.3 Å². The molecule has 0 atom stereocenters. The van der Waals surface area contributed by atoms with Crippen molar-refractivity contribution in [2.75, 3.05) is 26.7 Å². The summed E-state index contributed by atoms with van der Waals surface area (Å²) < 4.78 is 6.24. The van der Waals surface area contributed by atoms with Gasteiger partial charge in [-0.05, 0) is 38.4 Å². The minimum absolute atomic E-state index is 0.0464. The molecule has 7 heteroatoms. The molecule has 1 saturated heterocycles. The van der Waals surface area contributed by atoms with Crippen LogP contribution in [0, 0.1) is 6.92 Å². The molecule has 1 amide bonds. The summed E-state index contributed by atoms with van der Waals surface area (Å²) in [6.45, 7) is 5.09. The van der Waals surface area contributed by atoms with E-state index < -0.39 is 0 Å². The molecule has 0 radical (unpaired) electrons. The molecule has 2 aromatic heterocycles. The minimum atomic E-state index is -0.197. The maximum Gasteiger partial charge on any atom is 0.261 e. The van der Waals surface area contributed by atoms with Crippen LogP contribution < -0.4 is 5.32 Å². The molecule has 4 rings (SSSR count). The van der Waals surface area contributed by atoms with Crippen molar-refractivity contribution in [3.63, 3.8) is 0 Å². The van der Waals surface area contributed by atoms with Crippen molar-refractivity contribution in [1.82, 2.24) is 20.2 Å². The highest BCUT2D eigenvalue weighted by Crippen LogP contribution is 2.44. The number of piperidine rings is 1. The molecule has 1 N–H and O–H groups in total. The number of aryl methyl sites for hydroxylation is 1. The van der Waals surface area contributed by atoms with Crippen molar-refractivity contribution in [1.29, 1.82) is 0 Å². The Balaban J connectivity index is 1.49. The van der Waals surface area contributed by atoms with Crippen molar-refractivity contribution in [2.24, 2.45) is 0 Å². The standard InChI is InChI=1S/C19H24N4O2S/c1-13-10-21-14(11-20-13)12-22-18(24)17-9-15-16(26-17)3-8-25-19(15)4-6-23(2)7-5-19/h9-11H,3-8,12H2,1-2H3,(H,22,24). The van der Waals surface area contributed by atoms with Gasteiger partial charge in [-0.15, -0.1) is 11.3 Å². The summed E-state index contributed by atoms with van der Waals surface area (Å²) in [5.41, 5.74) is 2.68. The van der Waals surface area contributed by atoms with E-state index in [0.29, 0.717) is 6.54 Å². The first-order chi connectivity index (χ1) is 12.6. The number of nitrogens with zero attached hydrogens (tertiary/aromatic N) is 3. The smallest absolute Gasteiger partial charge is 0.261 e. The summed E-state index contributed by atoms with van der Waals surface area (Å²) in [7, 11) is 2.15. The van der Waals surface area contributed by atoms with Crippen molar-refractivity contribution in [3.8, 4) is 0 Å².